The highest BCUT2D eigenvalue weighted by Crippen LogP contribution is 2.46. The van der Waals surface area contributed by atoms with Crippen LogP contribution in [0.3, 0.4) is 0 Å². The van der Waals surface area contributed by atoms with Gasteiger partial charge >= 0.3 is 0 Å². The SMILES string of the molecule is CC(C)c1c(-c2cc(-c3ccc([Si](C)(C)C)cn3)cc(N(Cc3ccccc3-c3ccccc3)c3cc(-c4cc(C(C)(C)C)cc(C(C)(C)C)c4)cc(-c4ccc([Si](C)(C)C)cn4)c3)c2)cc(C(C)(C)C)cc1C(C)(C)C. The average Bonchev–Trinajstić information content (AvgIpc) is 3.40. The zero-order valence-corrected chi connectivity index (χ0v) is 52.6. The molecule has 0 fully saturated rings. The summed E-state index contributed by atoms with van der Waals surface area (Å²) in [5.41, 5.74) is 21.4. The number of aromatic nitrogens is 2. The van der Waals surface area contributed by atoms with Crippen LogP contribution in [0.15, 0.2) is 158 Å². The van der Waals surface area contributed by atoms with Gasteiger partial charge in [-0.25, -0.2) is 0 Å². The number of benzene rings is 6. The largest absolute Gasteiger partial charge is 0.337 e. The molecule has 0 radical (unpaired) electrons. The Morgan fingerprint density at radius 1 is 0.403 bits per heavy atom. The van der Waals surface area contributed by atoms with Gasteiger partial charge in [0.2, 0.25) is 0 Å². The van der Waals surface area contributed by atoms with Gasteiger partial charge in [0.1, 0.15) is 0 Å². The standard InChI is InChI=1S/C72H89N3Si2/c1-48(2)68-64(43-58(71(9,10)11)44-65(68)72(12,13)14)53-35-55(67-33-31-62(46-74-67)77(18,19)20)41-60(39-53)75(47-50-28-24-25-29-63(50)49-26-22-21-23-27-49)59-38-51(34-54(40-59)66-32-30-61(45-73-66)76(15,16)17)52-36-56(69(3,4)5)42-57(37-52)70(6,7)8/h21-46,48H,47H2,1-20H3. The van der Waals surface area contributed by atoms with Gasteiger partial charge in [-0.1, -0.05) is 233 Å². The Bertz CT molecular complexity index is 3350. The second-order valence-corrected chi connectivity index (χ2v) is 38.6. The number of rotatable bonds is 12. The lowest BCUT2D eigenvalue weighted by atomic mass is 9.73. The lowest BCUT2D eigenvalue weighted by Gasteiger charge is -2.32. The van der Waals surface area contributed by atoms with Crippen LogP contribution in [-0.4, -0.2) is 26.1 Å². The molecular formula is C72H89N3Si2. The fourth-order valence-corrected chi connectivity index (χ4v) is 12.5. The third kappa shape index (κ3) is 13.1. The van der Waals surface area contributed by atoms with Crippen LogP contribution >= 0.6 is 0 Å². The number of nitrogens with zero attached hydrogens (tertiary/aromatic N) is 3. The normalized spacial score (nSPS) is 12.8. The summed E-state index contributed by atoms with van der Waals surface area (Å²) in [6.07, 6.45) is 4.28. The summed E-state index contributed by atoms with van der Waals surface area (Å²) in [4.78, 5) is 13.2. The summed E-state index contributed by atoms with van der Waals surface area (Å²) in [5.74, 6) is 0.282. The molecule has 8 aromatic rings. The van der Waals surface area contributed by atoms with Crippen LogP contribution in [0.1, 0.15) is 136 Å². The van der Waals surface area contributed by atoms with Gasteiger partial charge in [-0.15, -0.1) is 0 Å². The topological polar surface area (TPSA) is 29.0 Å². The highest BCUT2D eigenvalue weighted by Gasteiger charge is 2.29. The molecule has 0 saturated carbocycles. The van der Waals surface area contributed by atoms with Gasteiger partial charge < -0.3 is 4.90 Å². The Hall–Kier alpha value is -6.15. The fourth-order valence-electron chi connectivity index (χ4n) is 10.5. The van der Waals surface area contributed by atoms with E-state index in [0.717, 1.165) is 33.9 Å². The maximum atomic E-state index is 5.33. The van der Waals surface area contributed by atoms with Crippen LogP contribution in [-0.2, 0) is 28.2 Å². The molecule has 0 N–H and O–H groups in total. The third-order valence-electron chi connectivity index (χ3n) is 15.5. The van der Waals surface area contributed by atoms with Crippen molar-refractivity contribution >= 4 is 37.9 Å². The zero-order chi connectivity index (χ0) is 56.2. The van der Waals surface area contributed by atoms with Gasteiger partial charge in [0, 0.05) is 41.4 Å². The second kappa shape index (κ2) is 21.2. The molecule has 400 valence electrons. The van der Waals surface area contributed by atoms with E-state index in [1.54, 1.807) is 0 Å². The molecule has 2 aromatic heterocycles. The van der Waals surface area contributed by atoms with Crippen molar-refractivity contribution in [3.63, 3.8) is 0 Å². The molecule has 0 atom stereocenters. The van der Waals surface area contributed by atoms with E-state index in [4.69, 9.17) is 9.97 Å². The highest BCUT2D eigenvalue weighted by atomic mass is 28.3. The van der Waals surface area contributed by atoms with Crippen molar-refractivity contribution in [1.82, 2.24) is 9.97 Å². The van der Waals surface area contributed by atoms with E-state index >= 15 is 0 Å². The summed E-state index contributed by atoms with van der Waals surface area (Å²) in [6, 6.07) is 55.9. The number of pyridine rings is 2. The van der Waals surface area contributed by atoms with Gasteiger partial charge in [-0.2, -0.15) is 0 Å². The molecule has 8 rings (SSSR count). The first-order chi connectivity index (χ1) is 35.8. The Kier molecular flexibility index (Phi) is 15.7. The maximum Gasteiger partial charge on any atom is 0.0796 e. The van der Waals surface area contributed by atoms with E-state index in [1.807, 2.05) is 0 Å². The van der Waals surface area contributed by atoms with Gasteiger partial charge in [-0.3, -0.25) is 9.97 Å². The van der Waals surface area contributed by atoms with E-state index in [0.29, 0.717) is 6.54 Å². The lowest BCUT2D eigenvalue weighted by Crippen LogP contribution is -2.37. The summed E-state index contributed by atoms with van der Waals surface area (Å²) in [6.45, 7) is 47.9. The van der Waals surface area contributed by atoms with Gasteiger partial charge in [0.15, 0.2) is 0 Å². The van der Waals surface area contributed by atoms with E-state index < -0.39 is 16.1 Å². The summed E-state index contributed by atoms with van der Waals surface area (Å²) in [5, 5.41) is 2.71. The van der Waals surface area contributed by atoms with Crippen molar-refractivity contribution in [2.24, 2.45) is 0 Å². The third-order valence-corrected chi connectivity index (χ3v) is 19.5. The highest BCUT2D eigenvalue weighted by molar-refractivity contribution is 6.89. The first-order valence-corrected chi connectivity index (χ1v) is 35.3. The van der Waals surface area contributed by atoms with E-state index in [-0.39, 0.29) is 27.6 Å². The predicted molar refractivity (Wildman–Crippen MR) is 343 cm³/mol. The molecule has 0 aliphatic rings. The minimum Gasteiger partial charge on any atom is -0.337 e. The summed E-state index contributed by atoms with van der Waals surface area (Å²) < 4.78 is 0. The Morgan fingerprint density at radius 3 is 1.30 bits per heavy atom. The molecule has 2 heterocycles. The molecule has 5 heteroatoms. The minimum atomic E-state index is -1.62. The van der Waals surface area contributed by atoms with Crippen molar-refractivity contribution in [2.45, 2.75) is 170 Å². The van der Waals surface area contributed by atoms with Crippen LogP contribution in [0.4, 0.5) is 11.4 Å². The van der Waals surface area contributed by atoms with Crippen molar-refractivity contribution in [1.29, 1.82) is 0 Å². The van der Waals surface area contributed by atoms with E-state index in [1.165, 1.54) is 77.1 Å². The van der Waals surface area contributed by atoms with E-state index in [2.05, 4.69) is 299 Å². The van der Waals surface area contributed by atoms with E-state index in [9.17, 15) is 0 Å². The quantitative estimate of drug-likeness (QED) is 0.114. The molecular weight excluding hydrogens is 963 g/mol. The van der Waals surface area contributed by atoms with Gasteiger partial charge in [0.05, 0.1) is 27.5 Å². The molecule has 0 aliphatic carbocycles. The number of anilines is 2. The van der Waals surface area contributed by atoms with Gasteiger partial charge in [-0.05, 0) is 153 Å². The molecule has 6 aromatic carbocycles. The number of hydrogen-bond acceptors (Lipinski definition) is 3. The minimum absolute atomic E-state index is 0.0536. The molecule has 77 heavy (non-hydrogen) atoms. The average molecular weight is 1050 g/mol. The fraction of sp³-hybridized carbons (Fsp3) is 0.361. The van der Waals surface area contributed by atoms with Crippen molar-refractivity contribution < 1.29 is 0 Å². The Balaban J connectivity index is 1.51. The van der Waals surface area contributed by atoms with Crippen LogP contribution in [0.25, 0.3) is 55.9 Å². The van der Waals surface area contributed by atoms with Crippen molar-refractivity contribution in [3.8, 4) is 55.9 Å². The first-order valence-electron chi connectivity index (χ1n) is 28.3. The predicted octanol–water partition coefficient (Wildman–Crippen LogP) is 19.6. The van der Waals surface area contributed by atoms with Crippen LogP contribution in [0.5, 0.6) is 0 Å². The number of hydrogen-bond donors (Lipinski definition) is 0. The maximum absolute atomic E-state index is 5.33. The molecule has 0 bridgehead atoms. The molecule has 0 unspecified atom stereocenters. The molecule has 0 amide bonds. The lowest BCUT2D eigenvalue weighted by molar-refractivity contribution is 0.560. The second-order valence-electron chi connectivity index (χ2n) is 28.4. The molecule has 0 saturated heterocycles. The van der Waals surface area contributed by atoms with Crippen LogP contribution < -0.4 is 15.3 Å². The van der Waals surface area contributed by atoms with Crippen LogP contribution in [0.2, 0.25) is 39.3 Å². The molecule has 0 aliphatic heterocycles. The summed E-state index contributed by atoms with van der Waals surface area (Å²) >= 11 is 0. The molecule has 0 spiro atoms. The smallest absolute Gasteiger partial charge is 0.0796 e. The summed E-state index contributed by atoms with van der Waals surface area (Å²) in [7, 11) is -3.23. The first kappa shape index (κ1) is 57.0. The van der Waals surface area contributed by atoms with Crippen molar-refractivity contribution in [3.05, 3.63) is 191 Å². The van der Waals surface area contributed by atoms with Gasteiger partial charge in [0.25, 0.3) is 0 Å². The monoisotopic (exact) mass is 1050 g/mol. The zero-order valence-electron chi connectivity index (χ0n) is 50.6. The Labute approximate surface area is 467 Å². The van der Waals surface area contributed by atoms with Crippen LogP contribution in [0, 0.1) is 0 Å². The van der Waals surface area contributed by atoms with Crippen molar-refractivity contribution in [2.75, 3.05) is 4.90 Å². The molecule has 3 nitrogen and oxygen atoms in total. The Morgan fingerprint density at radius 2 is 0.844 bits per heavy atom.